The molecule has 0 bridgehead atoms. The first-order valence-corrected chi connectivity index (χ1v) is 5.42. The van der Waals surface area contributed by atoms with Crippen molar-refractivity contribution in [1.82, 2.24) is 9.97 Å². The largest absolute Gasteiger partial charge is 0.240 e. The molecular weight excluding hydrogens is 206 g/mol. The number of thiophene rings is 1. The molecule has 2 rings (SSSR count). The van der Waals surface area contributed by atoms with Gasteiger partial charge in [-0.3, -0.25) is 0 Å². The van der Waals surface area contributed by atoms with Crippen molar-refractivity contribution in [2.24, 2.45) is 0 Å². The third kappa shape index (κ3) is 2.03. The lowest BCUT2D eigenvalue weighted by molar-refractivity contribution is 1.00. The Hall–Kier alpha value is -1.73. The zero-order valence-electron chi connectivity index (χ0n) is 8.27. The lowest BCUT2D eigenvalue weighted by atomic mass is 10.2. The smallest absolute Gasteiger partial charge is 0.143 e. The molecule has 0 aliphatic heterocycles. The highest BCUT2D eigenvalue weighted by Gasteiger charge is 2.05. The second kappa shape index (κ2) is 4.20. The minimum absolute atomic E-state index is 0.262. The van der Waals surface area contributed by atoms with Crippen LogP contribution < -0.4 is 0 Å². The highest BCUT2D eigenvalue weighted by atomic mass is 32.1. The third-order valence-corrected chi connectivity index (χ3v) is 3.08. The fourth-order valence-electron chi connectivity index (χ4n) is 1.32. The molecule has 2 aromatic heterocycles. The van der Waals surface area contributed by atoms with Crippen molar-refractivity contribution in [2.75, 3.05) is 0 Å². The van der Waals surface area contributed by atoms with Gasteiger partial charge < -0.3 is 0 Å². The monoisotopic (exact) mass is 215 g/mol. The highest BCUT2D eigenvalue weighted by molar-refractivity contribution is 7.13. The molecule has 0 amide bonds. The molecule has 74 valence electrons. The summed E-state index contributed by atoms with van der Waals surface area (Å²) in [6.07, 6.45) is 1.96. The average molecular weight is 215 g/mol. The molecule has 0 N–H and O–H groups in total. The van der Waals surface area contributed by atoms with E-state index in [0.29, 0.717) is 5.82 Å². The van der Waals surface area contributed by atoms with Gasteiger partial charge in [0.05, 0.1) is 23.1 Å². The topological polar surface area (TPSA) is 49.6 Å². The molecule has 0 fully saturated rings. The van der Waals surface area contributed by atoms with Crippen molar-refractivity contribution in [3.63, 3.8) is 0 Å². The summed E-state index contributed by atoms with van der Waals surface area (Å²) in [6, 6.07) is 5.99. The van der Waals surface area contributed by atoms with Crippen molar-refractivity contribution in [1.29, 1.82) is 5.26 Å². The highest BCUT2D eigenvalue weighted by Crippen LogP contribution is 2.26. The minimum atomic E-state index is 0.262. The lowest BCUT2D eigenvalue weighted by Gasteiger charge is -2.00. The van der Waals surface area contributed by atoms with Gasteiger partial charge >= 0.3 is 0 Å². The first kappa shape index (κ1) is 9.81. The second-order valence-electron chi connectivity index (χ2n) is 3.13. The first-order valence-electron chi connectivity index (χ1n) is 4.54. The Morgan fingerprint density at radius 3 is 3.00 bits per heavy atom. The van der Waals surface area contributed by atoms with E-state index >= 15 is 0 Å². The number of hydrogen-bond donors (Lipinski definition) is 0. The van der Waals surface area contributed by atoms with E-state index in [9.17, 15) is 0 Å². The van der Waals surface area contributed by atoms with Crippen LogP contribution in [0.3, 0.4) is 0 Å². The third-order valence-electron chi connectivity index (χ3n) is 2.04. The Bertz CT molecular complexity index is 511. The predicted octanol–water partition coefficient (Wildman–Crippen LogP) is 2.58. The number of aromatic nitrogens is 2. The van der Waals surface area contributed by atoms with E-state index in [1.165, 1.54) is 5.56 Å². The van der Waals surface area contributed by atoms with Gasteiger partial charge in [0.25, 0.3) is 0 Å². The molecule has 0 aromatic carbocycles. The van der Waals surface area contributed by atoms with E-state index in [0.717, 1.165) is 10.6 Å². The summed E-state index contributed by atoms with van der Waals surface area (Å²) in [4.78, 5) is 9.53. The zero-order valence-corrected chi connectivity index (χ0v) is 9.08. The van der Waals surface area contributed by atoms with Crippen LogP contribution in [0.1, 0.15) is 11.4 Å². The summed E-state index contributed by atoms with van der Waals surface area (Å²) in [5, 5.41) is 10.6. The SMILES string of the molecule is Cc1ccsc1-c1ccnc(CC#N)n1. The maximum atomic E-state index is 8.57. The van der Waals surface area contributed by atoms with Crippen molar-refractivity contribution in [3.8, 4) is 16.6 Å². The van der Waals surface area contributed by atoms with Crippen LogP contribution >= 0.6 is 11.3 Å². The van der Waals surface area contributed by atoms with Crippen molar-refractivity contribution in [2.45, 2.75) is 13.3 Å². The van der Waals surface area contributed by atoms with E-state index in [-0.39, 0.29) is 6.42 Å². The van der Waals surface area contributed by atoms with Crippen LogP contribution in [0.25, 0.3) is 10.6 Å². The van der Waals surface area contributed by atoms with Crippen LogP contribution in [0, 0.1) is 18.3 Å². The van der Waals surface area contributed by atoms with Gasteiger partial charge in [0.2, 0.25) is 0 Å². The number of hydrogen-bond acceptors (Lipinski definition) is 4. The van der Waals surface area contributed by atoms with Crippen molar-refractivity contribution in [3.05, 3.63) is 35.1 Å². The Morgan fingerprint density at radius 2 is 2.33 bits per heavy atom. The van der Waals surface area contributed by atoms with E-state index in [1.54, 1.807) is 17.5 Å². The summed E-state index contributed by atoms with van der Waals surface area (Å²) in [7, 11) is 0. The molecule has 2 aromatic rings. The number of nitriles is 1. The van der Waals surface area contributed by atoms with Gasteiger partial charge in [-0.15, -0.1) is 11.3 Å². The first-order chi connectivity index (χ1) is 7.31. The van der Waals surface area contributed by atoms with E-state index in [4.69, 9.17) is 5.26 Å². The van der Waals surface area contributed by atoms with Crippen LogP contribution in [-0.2, 0) is 6.42 Å². The van der Waals surface area contributed by atoms with Crippen LogP contribution in [0.5, 0.6) is 0 Å². The molecule has 0 unspecified atom stereocenters. The van der Waals surface area contributed by atoms with E-state index in [2.05, 4.69) is 23.0 Å². The molecule has 0 aliphatic carbocycles. The molecule has 0 saturated heterocycles. The van der Waals surface area contributed by atoms with E-state index in [1.807, 2.05) is 17.5 Å². The second-order valence-corrected chi connectivity index (χ2v) is 4.04. The molecular formula is C11H9N3S. The molecule has 0 radical (unpaired) electrons. The molecule has 15 heavy (non-hydrogen) atoms. The van der Waals surface area contributed by atoms with Gasteiger partial charge in [0.15, 0.2) is 0 Å². The maximum Gasteiger partial charge on any atom is 0.143 e. The summed E-state index contributed by atoms with van der Waals surface area (Å²) in [6.45, 7) is 2.05. The summed E-state index contributed by atoms with van der Waals surface area (Å²) in [5.74, 6) is 0.586. The zero-order chi connectivity index (χ0) is 10.7. The Labute approximate surface area is 92.1 Å². The molecule has 0 aliphatic rings. The summed E-state index contributed by atoms with van der Waals surface area (Å²) in [5.41, 5.74) is 2.12. The van der Waals surface area contributed by atoms with Gasteiger partial charge in [-0.05, 0) is 30.0 Å². The summed E-state index contributed by atoms with van der Waals surface area (Å²) >= 11 is 1.66. The predicted molar refractivity (Wildman–Crippen MR) is 59.4 cm³/mol. The van der Waals surface area contributed by atoms with Gasteiger partial charge in [0.1, 0.15) is 5.82 Å². The van der Waals surface area contributed by atoms with Gasteiger partial charge in [0, 0.05) is 6.20 Å². The Morgan fingerprint density at radius 1 is 1.47 bits per heavy atom. The average Bonchev–Trinajstić information content (AvgIpc) is 2.65. The molecule has 4 heteroatoms. The maximum absolute atomic E-state index is 8.57. The summed E-state index contributed by atoms with van der Waals surface area (Å²) < 4.78 is 0. The quantitative estimate of drug-likeness (QED) is 0.773. The number of nitrogens with zero attached hydrogens (tertiary/aromatic N) is 3. The molecule has 0 saturated carbocycles. The van der Waals surface area contributed by atoms with Gasteiger partial charge in [-0.2, -0.15) is 5.26 Å². The molecule has 3 nitrogen and oxygen atoms in total. The normalized spacial score (nSPS) is 9.87. The fourth-order valence-corrected chi connectivity index (χ4v) is 2.21. The standard InChI is InChI=1S/C11H9N3S/c1-8-4-7-15-11(8)9-3-6-13-10(14-9)2-5-12/h3-4,6-7H,2H2,1H3. The molecule has 2 heterocycles. The van der Waals surface area contributed by atoms with Crippen LogP contribution in [0.4, 0.5) is 0 Å². The van der Waals surface area contributed by atoms with Gasteiger partial charge in [-0.25, -0.2) is 9.97 Å². The van der Waals surface area contributed by atoms with Crippen molar-refractivity contribution >= 4 is 11.3 Å². The van der Waals surface area contributed by atoms with Gasteiger partial charge in [-0.1, -0.05) is 0 Å². The number of rotatable bonds is 2. The van der Waals surface area contributed by atoms with Crippen LogP contribution in [-0.4, -0.2) is 9.97 Å². The Balaban J connectivity index is 2.42. The van der Waals surface area contributed by atoms with Crippen molar-refractivity contribution < 1.29 is 0 Å². The molecule has 0 atom stereocenters. The fraction of sp³-hybridized carbons (Fsp3) is 0.182. The molecule has 0 spiro atoms. The van der Waals surface area contributed by atoms with E-state index < -0.39 is 0 Å². The van der Waals surface area contributed by atoms with Crippen LogP contribution in [0.2, 0.25) is 0 Å². The number of aryl methyl sites for hydroxylation is 1. The van der Waals surface area contributed by atoms with Crippen LogP contribution in [0.15, 0.2) is 23.7 Å². The Kier molecular flexibility index (Phi) is 2.75. The minimum Gasteiger partial charge on any atom is -0.240 e. The lowest BCUT2D eigenvalue weighted by Crippen LogP contribution is -1.94.